The van der Waals surface area contributed by atoms with Crippen molar-refractivity contribution >= 4 is 46.8 Å². The van der Waals surface area contributed by atoms with Crippen molar-refractivity contribution in [3.63, 3.8) is 0 Å². The van der Waals surface area contributed by atoms with Crippen LogP contribution in [0.3, 0.4) is 0 Å². The quantitative estimate of drug-likeness (QED) is 0.344. The maximum absolute atomic E-state index is 13.2. The molecule has 4 N–H and O–H groups in total. The molecule has 2 aromatic carbocycles. The highest BCUT2D eigenvalue weighted by atomic mass is 35.5. The summed E-state index contributed by atoms with van der Waals surface area (Å²) in [5.41, 5.74) is 0.167. The third-order valence-electron chi connectivity index (χ3n) is 5.83. The van der Waals surface area contributed by atoms with Gasteiger partial charge in [-0.1, -0.05) is 11.6 Å². The highest BCUT2D eigenvalue weighted by Crippen LogP contribution is 2.21. The predicted octanol–water partition coefficient (Wildman–Crippen LogP) is 4.45. The first-order valence-corrected chi connectivity index (χ1v) is 12.8. The van der Waals surface area contributed by atoms with E-state index in [0.29, 0.717) is 24.3 Å². The molecule has 1 saturated heterocycles. The Morgan fingerprint density at radius 1 is 1.02 bits per heavy atom. The minimum absolute atomic E-state index is 0.0199. The molecule has 4 rings (SSSR count). The maximum Gasteiger partial charge on any atom is 0.410 e. The van der Waals surface area contributed by atoms with Gasteiger partial charge in [-0.3, -0.25) is 14.4 Å². The van der Waals surface area contributed by atoms with Crippen molar-refractivity contribution in [1.29, 1.82) is 0 Å². The maximum atomic E-state index is 13.2. The average Bonchev–Trinajstić information content (AvgIpc) is 3.54. The summed E-state index contributed by atoms with van der Waals surface area (Å²) in [7, 11) is 0. The van der Waals surface area contributed by atoms with E-state index in [4.69, 9.17) is 16.3 Å². The molecule has 0 saturated carbocycles. The average molecular weight is 571 g/mol. The van der Waals surface area contributed by atoms with Crippen molar-refractivity contribution in [2.24, 2.45) is 0 Å². The number of hydrogen-bond donors (Lipinski definition) is 4. The number of carbonyl (C=O) groups excluding carboxylic acids is 4. The number of nitrogens with zero attached hydrogens (tertiary/aromatic N) is 2. The van der Waals surface area contributed by atoms with E-state index >= 15 is 0 Å². The van der Waals surface area contributed by atoms with Crippen LogP contribution in [0.2, 0.25) is 5.02 Å². The first kappa shape index (κ1) is 28.6. The molecular formula is C27H28ClFN6O5. The number of benzene rings is 2. The number of carbonyl (C=O) groups is 4. The Morgan fingerprint density at radius 3 is 2.30 bits per heavy atom. The minimum Gasteiger partial charge on any atom is -0.444 e. The molecule has 4 amide bonds. The van der Waals surface area contributed by atoms with Gasteiger partial charge < -0.3 is 30.6 Å². The van der Waals surface area contributed by atoms with Gasteiger partial charge in [0.05, 0.1) is 16.9 Å². The SMILES string of the molecule is CC(C)(C)OC(=O)N1CC[C@H](NC(=O)c2[nH]cnc2C(=O)Nc2ccc(NC(=O)c3ccc(F)cc3Cl)cc2)C1. The van der Waals surface area contributed by atoms with Crippen molar-refractivity contribution in [2.75, 3.05) is 23.7 Å². The number of aromatic amines is 1. The Balaban J connectivity index is 1.33. The standard InChI is InChI=1S/C27H28ClFN6O5/c1-27(2,3)40-26(39)35-11-10-18(13-35)34-25(38)22-21(30-14-31-22)24(37)33-17-7-5-16(6-8-17)32-23(36)19-9-4-15(29)12-20(19)28/h4-9,12,14,18H,10-11,13H2,1-3H3,(H,30,31)(H,32,36)(H,33,37)(H,34,38)/t18-/m0/s1. The molecule has 1 fully saturated rings. The third-order valence-corrected chi connectivity index (χ3v) is 6.15. The lowest BCUT2D eigenvalue weighted by Crippen LogP contribution is -2.40. The van der Waals surface area contributed by atoms with Crippen LogP contribution in [0.25, 0.3) is 0 Å². The summed E-state index contributed by atoms with van der Waals surface area (Å²) < 4.78 is 18.6. The molecule has 2 heterocycles. The number of imidazole rings is 1. The van der Waals surface area contributed by atoms with Crippen molar-refractivity contribution in [2.45, 2.75) is 38.8 Å². The normalized spacial score (nSPS) is 14.9. The molecule has 0 unspecified atom stereocenters. The summed E-state index contributed by atoms with van der Waals surface area (Å²) in [5.74, 6) is -2.23. The second-order valence-corrected chi connectivity index (χ2v) is 10.5. The fourth-order valence-electron chi connectivity index (χ4n) is 3.97. The lowest BCUT2D eigenvalue weighted by molar-refractivity contribution is 0.0289. The van der Waals surface area contributed by atoms with E-state index < -0.39 is 35.2 Å². The van der Waals surface area contributed by atoms with E-state index in [-0.39, 0.29) is 34.6 Å². The Morgan fingerprint density at radius 2 is 1.68 bits per heavy atom. The molecule has 13 heteroatoms. The minimum atomic E-state index is -0.622. The highest BCUT2D eigenvalue weighted by Gasteiger charge is 2.32. The zero-order valence-electron chi connectivity index (χ0n) is 22.0. The van der Waals surface area contributed by atoms with Gasteiger partial charge in [0.2, 0.25) is 0 Å². The van der Waals surface area contributed by atoms with Crippen LogP contribution in [0.4, 0.5) is 20.6 Å². The summed E-state index contributed by atoms with van der Waals surface area (Å²) in [4.78, 5) is 58.7. The van der Waals surface area contributed by atoms with Gasteiger partial charge in [-0.2, -0.15) is 0 Å². The van der Waals surface area contributed by atoms with Gasteiger partial charge in [-0.05, 0) is 69.7 Å². The van der Waals surface area contributed by atoms with Crippen molar-refractivity contribution in [3.05, 3.63) is 76.6 Å². The lowest BCUT2D eigenvalue weighted by atomic mass is 10.2. The number of likely N-dealkylation sites (tertiary alicyclic amines) is 1. The molecule has 1 aromatic heterocycles. The van der Waals surface area contributed by atoms with E-state index in [9.17, 15) is 23.6 Å². The lowest BCUT2D eigenvalue weighted by Gasteiger charge is -2.24. The zero-order valence-corrected chi connectivity index (χ0v) is 22.8. The van der Waals surface area contributed by atoms with Crippen molar-refractivity contribution < 1.29 is 28.3 Å². The van der Waals surface area contributed by atoms with Crippen LogP contribution in [0.15, 0.2) is 48.8 Å². The largest absolute Gasteiger partial charge is 0.444 e. The van der Waals surface area contributed by atoms with Gasteiger partial charge in [0.25, 0.3) is 17.7 Å². The van der Waals surface area contributed by atoms with Crippen molar-refractivity contribution in [1.82, 2.24) is 20.2 Å². The van der Waals surface area contributed by atoms with Crippen LogP contribution < -0.4 is 16.0 Å². The summed E-state index contributed by atoms with van der Waals surface area (Å²) in [5, 5.41) is 8.11. The van der Waals surface area contributed by atoms with Gasteiger partial charge in [0, 0.05) is 30.5 Å². The summed E-state index contributed by atoms with van der Waals surface area (Å²) in [6.07, 6.45) is 1.33. The number of nitrogens with one attached hydrogen (secondary N) is 4. The molecule has 1 atom stereocenters. The first-order valence-electron chi connectivity index (χ1n) is 12.4. The van der Waals surface area contributed by atoms with Crippen LogP contribution in [-0.4, -0.2) is 63.4 Å². The van der Waals surface area contributed by atoms with Gasteiger partial charge in [-0.15, -0.1) is 0 Å². The Bertz CT molecular complexity index is 1440. The number of ether oxygens (including phenoxy) is 1. The topological polar surface area (TPSA) is 146 Å². The molecule has 40 heavy (non-hydrogen) atoms. The van der Waals surface area contributed by atoms with E-state index in [1.807, 2.05) is 0 Å². The Hall–Kier alpha value is -4.45. The number of hydrogen-bond acceptors (Lipinski definition) is 6. The van der Waals surface area contributed by atoms with Crippen LogP contribution in [0, 0.1) is 5.82 Å². The fourth-order valence-corrected chi connectivity index (χ4v) is 4.22. The third kappa shape index (κ3) is 7.14. The molecule has 210 valence electrons. The Kier molecular flexibility index (Phi) is 8.38. The van der Waals surface area contributed by atoms with E-state index in [1.165, 1.54) is 17.3 Å². The number of rotatable bonds is 6. The zero-order chi connectivity index (χ0) is 29.0. The number of halogens is 2. The van der Waals surface area contributed by atoms with Gasteiger partial charge in [0.1, 0.15) is 17.1 Å². The molecule has 0 aliphatic carbocycles. The summed E-state index contributed by atoms with van der Waals surface area (Å²) >= 11 is 5.94. The molecular weight excluding hydrogens is 543 g/mol. The predicted molar refractivity (Wildman–Crippen MR) is 146 cm³/mol. The van der Waals surface area contributed by atoms with E-state index in [0.717, 1.165) is 12.1 Å². The second kappa shape index (κ2) is 11.7. The smallest absolute Gasteiger partial charge is 0.410 e. The van der Waals surface area contributed by atoms with Gasteiger partial charge in [-0.25, -0.2) is 14.2 Å². The van der Waals surface area contributed by atoms with Crippen LogP contribution in [-0.2, 0) is 4.74 Å². The number of aromatic nitrogens is 2. The van der Waals surface area contributed by atoms with E-state index in [1.54, 1.807) is 45.0 Å². The van der Waals surface area contributed by atoms with Gasteiger partial charge >= 0.3 is 6.09 Å². The number of H-pyrrole nitrogens is 1. The van der Waals surface area contributed by atoms with Crippen LogP contribution in [0.1, 0.15) is 58.5 Å². The second-order valence-electron chi connectivity index (χ2n) is 10.1. The number of amides is 4. The fraction of sp³-hybridized carbons (Fsp3) is 0.296. The summed E-state index contributed by atoms with van der Waals surface area (Å²) in [6.45, 7) is 6.06. The summed E-state index contributed by atoms with van der Waals surface area (Å²) in [6, 6.07) is 9.36. The molecule has 11 nitrogen and oxygen atoms in total. The van der Waals surface area contributed by atoms with Gasteiger partial charge in [0.15, 0.2) is 5.69 Å². The molecule has 0 radical (unpaired) electrons. The molecule has 1 aliphatic rings. The van der Waals surface area contributed by atoms with Crippen LogP contribution in [0.5, 0.6) is 0 Å². The molecule has 0 spiro atoms. The van der Waals surface area contributed by atoms with E-state index in [2.05, 4.69) is 25.9 Å². The highest BCUT2D eigenvalue weighted by molar-refractivity contribution is 6.34. The first-order chi connectivity index (χ1) is 18.9. The molecule has 3 aromatic rings. The van der Waals surface area contributed by atoms with Crippen LogP contribution >= 0.6 is 11.6 Å². The molecule has 0 bridgehead atoms. The molecule has 1 aliphatic heterocycles. The van der Waals surface area contributed by atoms with Crippen molar-refractivity contribution in [3.8, 4) is 0 Å². The monoisotopic (exact) mass is 570 g/mol. The number of anilines is 2. The Labute approximate surface area is 234 Å².